The normalized spacial score (nSPS) is 14.4. The zero-order chi connectivity index (χ0) is 24.7. The molecule has 0 atom stereocenters. The van der Waals surface area contributed by atoms with Gasteiger partial charge in [-0.3, -0.25) is 14.9 Å². The average molecular weight is 514 g/mol. The van der Waals surface area contributed by atoms with Gasteiger partial charge in [0.25, 0.3) is 5.91 Å². The molecule has 2 heterocycles. The van der Waals surface area contributed by atoms with Crippen LogP contribution in [0.3, 0.4) is 0 Å². The fraction of sp³-hybridized carbons (Fsp3) is 0.320. The van der Waals surface area contributed by atoms with Gasteiger partial charge in [0.1, 0.15) is 0 Å². The number of ether oxygens (including phenoxy) is 1. The smallest absolute Gasteiger partial charge is 0.306 e. The van der Waals surface area contributed by atoms with Crippen molar-refractivity contribution < 1.29 is 22.7 Å². The molecule has 0 aliphatic carbocycles. The van der Waals surface area contributed by atoms with Crippen LogP contribution in [-0.2, 0) is 30.8 Å². The van der Waals surface area contributed by atoms with Crippen LogP contribution in [0.5, 0.6) is 0 Å². The summed E-state index contributed by atoms with van der Waals surface area (Å²) in [5, 5.41) is 4.92. The molecule has 10 heteroatoms. The molecule has 184 valence electrons. The number of amides is 1. The van der Waals surface area contributed by atoms with Crippen LogP contribution in [0.15, 0.2) is 64.9 Å². The Labute approximate surface area is 209 Å². The maximum absolute atomic E-state index is 12.7. The predicted molar refractivity (Wildman–Crippen MR) is 135 cm³/mol. The van der Waals surface area contributed by atoms with Crippen molar-refractivity contribution >= 4 is 38.4 Å². The number of benzene rings is 2. The quantitative estimate of drug-likeness (QED) is 0.432. The van der Waals surface area contributed by atoms with Gasteiger partial charge in [0, 0.05) is 30.5 Å². The van der Waals surface area contributed by atoms with Gasteiger partial charge in [-0.2, -0.15) is 4.31 Å². The highest BCUT2D eigenvalue weighted by Gasteiger charge is 2.25. The number of rotatable bonds is 9. The van der Waals surface area contributed by atoms with Gasteiger partial charge in [-0.1, -0.05) is 48.9 Å². The van der Waals surface area contributed by atoms with Crippen molar-refractivity contribution in [3.8, 4) is 11.3 Å². The second kappa shape index (κ2) is 11.6. The molecular formula is C25H27N3O5S2. The van der Waals surface area contributed by atoms with Crippen molar-refractivity contribution in [2.75, 3.05) is 25.0 Å². The van der Waals surface area contributed by atoms with Crippen LogP contribution in [0.25, 0.3) is 11.3 Å². The van der Waals surface area contributed by atoms with E-state index in [-0.39, 0.29) is 11.3 Å². The summed E-state index contributed by atoms with van der Waals surface area (Å²) in [6.07, 6.45) is 3.30. The molecule has 35 heavy (non-hydrogen) atoms. The number of hydrogen-bond acceptors (Lipinski definition) is 7. The molecule has 0 spiro atoms. The average Bonchev–Trinajstić information content (AvgIpc) is 3.36. The number of aryl methyl sites for hydroxylation is 1. The maximum atomic E-state index is 12.7. The molecule has 1 aliphatic heterocycles. The molecule has 1 saturated heterocycles. The first-order valence-corrected chi connectivity index (χ1v) is 13.8. The molecular weight excluding hydrogens is 486 g/mol. The molecule has 0 unspecified atom stereocenters. The number of carbonyl (C=O) groups excluding carboxylic acids is 2. The van der Waals surface area contributed by atoms with E-state index in [4.69, 9.17) is 4.74 Å². The van der Waals surface area contributed by atoms with Gasteiger partial charge in [0.15, 0.2) is 11.7 Å². The summed E-state index contributed by atoms with van der Waals surface area (Å²) >= 11 is 1.30. The van der Waals surface area contributed by atoms with Crippen molar-refractivity contribution in [3.63, 3.8) is 0 Å². The van der Waals surface area contributed by atoms with Crippen LogP contribution in [0, 0.1) is 0 Å². The van der Waals surface area contributed by atoms with Crippen LogP contribution >= 0.6 is 11.3 Å². The Hall–Kier alpha value is -3.08. The number of nitrogens with zero attached hydrogens (tertiary/aromatic N) is 2. The lowest BCUT2D eigenvalue weighted by Crippen LogP contribution is -2.35. The van der Waals surface area contributed by atoms with Gasteiger partial charge in [0.2, 0.25) is 10.0 Å². The Morgan fingerprint density at radius 2 is 1.71 bits per heavy atom. The first kappa shape index (κ1) is 25.0. The molecule has 1 fully saturated rings. The van der Waals surface area contributed by atoms with Gasteiger partial charge >= 0.3 is 5.97 Å². The predicted octanol–water partition coefficient (Wildman–Crippen LogP) is 4.10. The first-order chi connectivity index (χ1) is 16.9. The summed E-state index contributed by atoms with van der Waals surface area (Å²) in [4.78, 5) is 28.8. The van der Waals surface area contributed by atoms with E-state index in [0.717, 1.165) is 36.1 Å². The summed E-state index contributed by atoms with van der Waals surface area (Å²) in [6.45, 7) is 0.715. The minimum absolute atomic E-state index is 0.0842. The SMILES string of the molecule is O=C(COC(=O)CCc1ccc(S(=O)(=O)N2CCCCC2)cc1)Nc1nc(-c2ccccc2)cs1. The molecule has 0 bridgehead atoms. The van der Waals surface area contributed by atoms with Crippen LogP contribution < -0.4 is 5.32 Å². The van der Waals surface area contributed by atoms with Gasteiger partial charge < -0.3 is 4.74 Å². The van der Waals surface area contributed by atoms with E-state index in [1.165, 1.54) is 15.6 Å². The van der Waals surface area contributed by atoms with E-state index in [9.17, 15) is 18.0 Å². The number of nitrogens with one attached hydrogen (secondary N) is 1. The zero-order valence-corrected chi connectivity index (χ0v) is 20.8. The number of aromatic nitrogens is 1. The molecule has 0 radical (unpaired) electrons. The molecule has 1 N–H and O–H groups in total. The third-order valence-electron chi connectivity index (χ3n) is 5.68. The topological polar surface area (TPSA) is 106 Å². The molecule has 4 rings (SSSR count). The van der Waals surface area contributed by atoms with E-state index in [0.29, 0.717) is 24.6 Å². The lowest BCUT2D eigenvalue weighted by molar-refractivity contribution is -0.147. The monoisotopic (exact) mass is 513 g/mol. The van der Waals surface area contributed by atoms with Gasteiger partial charge in [-0.05, 0) is 37.0 Å². The number of anilines is 1. The fourth-order valence-corrected chi connectivity index (χ4v) is 6.03. The van der Waals surface area contributed by atoms with Crippen molar-refractivity contribution in [3.05, 3.63) is 65.5 Å². The second-order valence-electron chi connectivity index (χ2n) is 8.22. The highest BCUT2D eigenvalue weighted by molar-refractivity contribution is 7.89. The first-order valence-electron chi connectivity index (χ1n) is 11.5. The van der Waals surface area contributed by atoms with Crippen molar-refractivity contribution in [1.29, 1.82) is 0 Å². The Morgan fingerprint density at radius 3 is 2.43 bits per heavy atom. The Bertz CT molecular complexity index is 1250. The number of carbonyl (C=O) groups is 2. The van der Waals surface area contributed by atoms with Crippen molar-refractivity contribution in [1.82, 2.24) is 9.29 Å². The second-order valence-corrected chi connectivity index (χ2v) is 11.0. The Kier molecular flexibility index (Phi) is 8.27. The van der Waals surface area contributed by atoms with E-state index in [1.807, 2.05) is 35.7 Å². The summed E-state index contributed by atoms with van der Waals surface area (Å²) < 4.78 is 32.1. The highest BCUT2D eigenvalue weighted by atomic mass is 32.2. The summed E-state index contributed by atoms with van der Waals surface area (Å²) in [6, 6.07) is 16.2. The molecule has 0 saturated carbocycles. The van der Waals surface area contributed by atoms with Crippen LogP contribution in [0.1, 0.15) is 31.2 Å². The summed E-state index contributed by atoms with van der Waals surface area (Å²) in [5.74, 6) is -0.964. The number of esters is 1. The van der Waals surface area contributed by atoms with E-state index in [1.54, 1.807) is 24.3 Å². The van der Waals surface area contributed by atoms with Crippen LogP contribution in [0.2, 0.25) is 0 Å². The molecule has 3 aromatic rings. The Balaban J connectivity index is 1.21. The molecule has 1 amide bonds. The van der Waals surface area contributed by atoms with E-state index in [2.05, 4.69) is 10.3 Å². The van der Waals surface area contributed by atoms with Gasteiger partial charge in [-0.15, -0.1) is 11.3 Å². The molecule has 1 aliphatic rings. The third-order valence-corrected chi connectivity index (χ3v) is 8.35. The fourth-order valence-electron chi connectivity index (χ4n) is 3.78. The van der Waals surface area contributed by atoms with Gasteiger partial charge in [-0.25, -0.2) is 13.4 Å². The maximum Gasteiger partial charge on any atom is 0.306 e. The summed E-state index contributed by atoms with van der Waals surface area (Å²) in [5.41, 5.74) is 2.53. The zero-order valence-electron chi connectivity index (χ0n) is 19.2. The van der Waals surface area contributed by atoms with Crippen molar-refractivity contribution in [2.24, 2.45) is 0 Å². The summed E-state index contributed by atoms with van der Waals surface area (Å²) in [7, 11) is -3.48. The minimum Gasteiger partial charge on any atom is -0.456 e. The number of piperidine rings is 1. The largest absolute Gasteiger partial charge is 0.456 e. The Morgan fingerprint density at radius 1 is 1.00 bits per heavy atom. The minimum atomic E-state index is -3.48. The molecule has 2 aromatic carbocycles. The number of thiazole rings is 1. The number of sulfonamides is 1. The van der Waals surface area contributed by atoms with Crippen molar-refractivity contribution in [2.45, 2.75) is 37.0 Å². The lowest BCUT2D eigenvalue weighted by atomic mass is 10.1. The van der Waals surface area contributed by atoms with Crippen LogP contribution in [-0.4, -0.2) is 49.3 Å². The standard InChI is InChI=1S/C25H27N3O5S2/c29-23(27-25-26-22(18-34-25)20-7-3-1-4-8-20)17-33-24(30)14-11-19-9-12-21(13-10-19)35(31,32)28-15-5-2-6-16-28/h1,3-4,7-10,12-13,18H,2,5-6,11,14-17H2,(H,26,27,29). The van der Waals surface area contributed by atoms with Crippen LogP contribution in [0.4, 0.5) is 5.13 Å². The molecule has 1 aromatic heterocycles. The third kappa shape index (κ3) is 6.74. The lowest BCUT2D eigenvalue weighted by Gasteiger charge is -2.25. The number of hydrogen-bond donors (Lipinski definition) is 1. The van der Waals surface area contributed by atoms with Gasteiger partial charge in [0.05, 0.1) is 10.6 Å². The molecule has 8 nitrogen and oxygen atoms in total. The highest BCUT2D eigenvalue weighted by Crippen LogP contribution is 2.24. The van der Waals surface area contributed by atoms with E-state index < -0.39 is 28.5 Å². The van der Waals surface area contributed by atoms with E-state index >= 15 is 0 Å².